The van der Waals surface area contributed by atoms with Gasteiger partial charge in [0.15, 0.2) is 0 Å². The molecule has 33 heavy (non-hydrogen) atoms. The number of hydrogen-bond donors (Lipinski definition) is 1. The number of benzene rings is 2. The molecule has 3 rings (SSSR count). The zero-order valence-electron chi connectivity index (χ0n) is 18.5. The van der Waals surface area contributed by atoms with E-state index < -0.39 is 35.4 Å². The van der Waals surface area contributed by atoms with Gasteiger partial charge in [0, 0.05) is 25.4 Å². The summed E-state index contributed by atoms with van der Waals surface area (Å²) < 4.78 is 79.6. The monoisotopic (exact) mass is 472 g/mol. The molecule has 1 saturated heterocycles. The topological polar surface area (TPSA) is 32.3 Å². The van der Waals surface area contributed by atoms with Crippen molar-refractivity contribution < 1.29 is 31.1 Å². The number of nitrogens with one attached hydrogen (secondary N) is 1. The molecule has 3 nitrogen and oxygen atoms in total. The minimum Gasteiger partial charge on any atom is -0.339 e. The molecule has 2 aromatic rings. The zero-order valence-corrected chi connectivity index (χ0v) is 18.5. The van der Waals surface area contributed by atoms with Crippen molar-refractivity contribution in [3.63, 3.8) is 0 Å². The largest absolute Gasteiger partial charge is 0.416 e. The van der Waals surface area contributed by atoms with Gasteiger partial charge in [0.1, 0.15) is 0 Å². The summed E-state index contributed by atoms with van der Waals surface area (Å²) in [5, 5.41) is 3.27. The highest BCUT2D eigenvalue weighted by atomic mass is 19.4. The zero-order chi connectivity index (χ0) is 24.6. The van der Waals surface area contributed by atoms with E-state index in [2.05, 4.69) is 5.32 Å². The molecular formula is C24H26F6N2O. The SMILES string of the molecule is Cc1ccccc1[C@H]1CNCC[C@@H]1C(=O)N(C)[C@@H](C)c1cc(C(F)(F)F)cc(C(F)(F)F)c1. The Morgan fingerprint density at radius 3 is 2.15 bits per heavy atom. The lowest BCUT2D eigenvalue weighted by Gasteiger charge is -2.37. The van der Waals surface area contributed by atoms with Crippen LogP contribution in [0.3, 0.4) is 0 Å². The van der Waals surface area contributed by atoms with Gasteiger partial charge in [-0.2, -0.15) is 26.3 Å². The van der Waals surface area contributed by atoms with E-state index in [1.165, 1.54) is 18.9 Å². The molecule has 9 heteroatoms. The van der Waals surface area contributed by atoms with Gasteiger partial charge in [-0.1, -0.05) is 24.3 Å². The summed E-state index contributed by atoms with van der Waals surface area (Å²) in [7, 11) is 1.43. The van der Waals surface area contributed by atoms with Gasteiger partial charge in [0.05, 0.1) is 17.2 Å². The summed E-state index contributed by atoms with van der Waals surface area (Å²) in [5.41, 5.74) is -0.969. The van der Waals surface area contributed by atoms with Crippen molar-refractivity contribution in [2.24, 2.45) is 5.92 Å². The van der Waals surface area contributed by atoms with Gasteiger partial charge in [0.25, 0.3) is 0 Å². The third kappa shape index (κ3) is 5.51. The van der Waals surface area contributed by atoms with Gasteiger partial charge in [0.2, 0.25) is 5.91 Å². The van der Waals surface area contributed by atoms with Crippen LogP contribution in [0.5, 0.6) is 0 Å². The van der Waals surface area contributed by atoms with E-state index >= 15 is 0 Å². The molecule has 180 valence electrons. The normalized spacial score (nSPS) is 20.4. The molecule has 0 aliphatic carbocycles. The standard InChI is InChI=1S/C24H26F6N2O/c1-14-6-4-5-7-19(14)21-13-31-9-8-20(21)22(33)32(3)15(2)16-10-17(23(25,26)27)12-18(11-16)24(28,29)30/h4-7,10-12,15,20-21,31H,8-9,13H2,1-3H3/t15-,20-,21+/m0/s1. The molecule has 1 amide bonds. The molecule has 1 aliphatic rings. The maximum atomic E-state index is 13.4. The van der Waals surface area contributed by atoms with Crippen molar-refractivity contribution in [1.82, 2.24) is 10.2 Å². The Labute approximate surface area is 188 Å². The molecule has 0 saturated carbocycles. The first-order valence-electron chi connectivity index (χ1n) is 10.6. The molecule has 3 atom stereocenters. The molecule has 1 N–H and O–H groups in total. The van der Waals surface area contributed by atoms with Crippen molar-refractivity contribution in [1.29, 1.82) is 0 Å². The Balaban J connectivity index is 1.93. The van der Waals surface area contributed by atoms with Gasteiger partial charge in [-0.25, -0.2) is 0 Å². The molecule has 1 fully saturated rings. The number of rotatable bonds is 4. The second-order valence-corrected chi connectivity index (χ2v) is 8.53. The number of aryl methyl sites for hydroxylation is 1. The van der Waals surface area contributed by atoms with Crippen LogP contribution in [-0.4, -0.2) is 30.9 Å². The van der Waals surface area contributed by atoms with Crippen molar-refractivity contribution in [3.05, 3.63) is 70.3 Å². The molecule has 0 spiro atoms. The Bertz CT molecular complexity index is 969. The molecule has 0 unspecified atom stereocenters. The summed E-state index contributed by atoms with van der Waals surface area (Å²) in [4.78, 5) is 14.7. The Kier molecular flexibility index (Phi) is 7.12. The highest BCUT2D eigenvalue weighted by Gasteiger charge is 2.39. The van der Waals surface area contributed by atoms with Crippen LogP contribution < -0.4 is 5.32 Å². The quantitative estimate of drug-likeness (QED) is 0.558. The molecule has 1 aliphatic heterocycles. The van der Waals surface area contributed by atoms with Crippen LogP contribution in [0.25, 0.3) is 0 Å². The fraction of sp³-hybridized carbons (Fsp3) is 0.458. The lowest BCUT2D eigenvalue weighted by Crippen LogP contribution is -2.44. The van der Waals surface area contributed by atoms with E-state index in [1.54, 1.807) is 0 Å². The van der Waals surface area contributed by atoms with Crippen LogP contribution in [0.2, 0.25) is 0 Å². The average molecular weight is 472 g/mol. The maximum Gasteiger partial charge on any atom is 0.416 e. The number of nitrogens with zero attached hydrogens (tertiary/aromatic N) is 1. The third-order valence-corrected chi connectivity index (χ3v) is 6.41. The number of amides is 1. The van der Waals surface area contributed by atoms with E-state index in [-0.39, 0.29) is 23.5 Å². The van der Waals surface area contributed by atoms with Crippen LogP contribution in [0.4, 0.5) is 26.3 Å². The van der Waals surface area contributed by atoms with E-state index in [9.17, 15) is 31.1 Å². The van der Waals surface area contributed by atoms with E-state index in [0.717, 1.165) is 11.1 Å². The van der Waals surface area contributed by atoms with E-state index in [1.807, 2.05) is 31.2 Å². The van der Waals surface area contributed by atoms with Crippen molar-refractivity contribution in [2.45, 2.75) is 44.6 Å². The summed E-state index contributed by atoms with van der Waals surface area (Å²) >= 11 is 0. The van der Waals surface area contributed by atoms with Gasteiger partial charge in [-0.15, -0.1) is 0 Å². The van der Waals surface area contributed by atoms with E-state index in [4.69, 9.17) is 0 Å². The third-order valence-electron chi connectivity index (χ3n) is 6.41. The van der Waals surface area contributed by atoms with Crippen LogP contribution in [0.15, 0.2) is 42.5 Å². The number of carbonyl (C=O) groups is 1. The Morgan fingerprint density at radius 2 is 1.61 bits per heavy atom. The smallest absolute Gasteiger partial charge is 0.339 e. The minimum atomic E-state index is -4.94. The highest BCUT2D eigenvalue weighted by Crippen LogP contribution is 2.39. The number of halogens is 6. The summed E-state index contributed by atoms with van der Waals surface area (Å²) in [6.07, 6.45) is -9.36. The van der Waals surface area contributed by atoms with E-state index in [0.29, 0.717) is 31.6 Å². The molecule has 2 aromatic carbocycles. The van der Waals surface area contributed by atoms with Crippen LogP contribution in [-0.2, 0) is 17.1 Å². The summed E-state index contributed by atoms with van der Waals surface area (Å²) in [5.74, 6) is -0.884. The molecular weight excluding hydrogens is 446 g/mol. The fourth-order valence-electron chi connectivity index (χ4n) is 4.38. The second kappa shape index (κ2) is 9.37. The Morgan fingerprint density at radius 1 is 1.03 bits per heavy atom. The summed E-state index contributed by atoms with van der Waals surface area (Å²) in [6, 6.07) is 8.15. The lowest BCUT2D eigenvalue weighted by molar-refractivity contribution is -0.143. The minimum absolute atomic E-state index is 0.0963. The maximum absolute atomic E-state index is 13.4. The lowest BCUT2D eigenvalue weighted by atomic mass is 9.79. The van der Waals surface area contributed by atoms with Gasteiger partial charge < -0.3 is 10.2 Å². The number of carbonyl (C=O) groups excluding carboxylic acids is 1. The Hall–Kier alpha value is -2.55. The molecule has 0 radical (unpaired) electrons. The predicted octanol–water partition coefficient (Wildman–Crippen LogP) is 5.95. The van der Waals surface area contributed by atoms with Crippen LogP contribution >= 0.6 is 0 Å². The summed E-state index contributed by atoms with van der Waals surface area (Å²) in [6.45, 7) is 4.55. The number of hydrogen-bond acceptors (Lipinski definition) is 2. The van der Waals surface area contributed by atoms with Crippen molar-refractivity contribution >= 4 is 5.91 Å². The van der Waals surface area contributed by atoms with Crippen LogP contribution in [0.1, 0.15) is 53.1 Å². The average Bonchev–Trinajstić information content (AvgIpc) is 2.76. The molecule has 1 heterocycles. The van der Waals surface area contributed by atoms with Crippen LogP contribution in [0, 0.1) is 12.8 Å². The first-order chi connectivity index (χ1) is 15.3. The van der Waals surface area contributed by atoms with Crippen molar-refractivity contribution in [2.75, 3.05) is 20.1 Å². The number of piperidine rings is 1. The molecule has 0 bridgehead atoms. The fourth-order valence-corrected chi connectivity index (χ4v) is 4.38. The highest BCUT2D eigenvalue weighted by molar-refractivity contribution is 5.80. The van der Waals surface area contributed by atoms with Gasteiger partial charge in [-0.05, 0) is 61.7 Å². The number of alkyl halides is 6. The van der Waals surface area contributed by atoms with Gasteiger partial charge >= 0.3 is 12.4 Å². The first-order valence-corrected chi connectivity index (χ1v) is 10.6. The second-order valence-electron chi connectivity index (χ2n) is 8.53. The van der Waals surface area contributed by atoms with Gasteiger partial charge in [-0.3, -0.25) is 4.79 Å². The predicted molar refractivity (Wildman–Crippen MR) is 113 cm³/mol. The van der Waals surface area contributed by atoms with Crippen molar-refractivity contribution in [3.8, 4) is 0 Å². The first kappa shape index (κ1) is 25.1. The molecule has 0 aromatic heterocycles.